The lowest BCUT2D eigenvalue weighted by atomic mass is 10.1. The fraction of sp³-hybridized carbons (Fsp3) is 0.500. The highest BCUT2D eigenvalue weighted by Gasteiger charge is 2.27. The van der Waals surface area contributed by atoms with Gasteiger partial charge < -0.3 is 9.80 Å². The molecule has 0 aromatic heterocycles. The van der Waals surface area contributed by atoms with Crippen molar-refractivity contribution in [2.45, 2.75) is 17.8 Å². The van der Waals surface area contributed by atoms with Crippen LogP contribution in [-0.4, -0.2) is 48.9 Å². The SMILES string of the molecule is CN(C)C1CCN(C(=O)c2ccc(CBr)cc2)C1. The van der Waals surface area contributed by atoms with Gasteiger partial charge in [-0.3, -0.25) is 4.79 Å². The van der Waals surface area contributed by atoms with Crippen molar-refractivity contribution in [3.63, 3.8) is 0 Å². The van der Waals surface area contributed by atoms with Gasteiger partial charge in [-0.1, -0.05) is 28.1 Å². The van der Waals surface area contributed by atoms with Crippen molar-refractivity contribution in [1.82, 2.24) is 9.80 Å². The summed E-state index contributed by atoms with van der Waals surface area (Å²) >= 11 is 3.41. The second kappa shape index (κ2) is 5.85. The first-order chi connectivity index (χ1) is 8.61. The van der Waals surface area contributed by atoms with E-state index in [2.05, 4.69) is 34.9 Å². The van der Waals surface area contributed by atoms with Gasteiger partial charge in [0, 0.05) is 30.0 Å². The molecule has 98 valence electrons. The molecule has 1 unspecified atom stereocenters. The van der Waals surface area contributed by atoms with Gasteiger partial charge in [0.25, 0.3) is 5.91 Å². The lowest BCUT2D eigenvalue weighted by Gasteiger charge is -2.20. The van der Waals surface area contributed by atoms with Crippen molar-refractivity contribution in [3.05, 3.63) is 35.4 Å². The number of rotatable bonds is 3. The fourth-order valence-electron chi connectivity index (χ4n) is 2.27. The first-order valence-corrected chi connectivity index (χ1v) is 7.34. The Balaban J connectivity index is 2.03. The highest BCUT2D eigenvalue weighted by atomic mass is 79.9. The number of hydrogen-bond donors (Lipinski definition) is 0. The Morgan fingerprint density at radius 3 is 2.56 bits per heavy atom. The molecule has 0 spiro atoms. The fourth-order valence-corrected chi connectivity index (χ4v) is 2.64. The zero-order valence-electron chi connectivity index (χ0n) is 10.9. The number of alkyl halides is 1. The van der Waals surface area contributed by atoms with E-state index >= 15 is 0 Å². The van der Waals surface area contributed by atoms with Crippen LogP contribution in [0.3, 0.4) is 0 Å². The topological polar surface area (TPSA) is 23.6 Å². The third-order valence-electron chi connectivity index (χ3n) is 3.54. The summed E-state index contributed by atoms with van der Waals surface area (Å²) < 4.78 is 0. The van der Waals surface area contributed by atoms with Gasteiger partial charge in [0.05, 0.1) is 0 Å². The van der Waals surface area contributed by atoms with Gasteiger partial charge in [0.1, 0.15) is 0 Å². The van der Waals surface area contributed by atoms with E-state index in [4.69, 9.17) is 0 Å². The smallest absolute Gasteiger partial charge is 0.253 e. The van der Waals surface area contributed by atoms with Crippen LogP contribution >= 0.6 is 15.9 Å². The molecule has 1 aromatic carbocycles. The zero-order valence-corrected chi connectivity index (χ0v) is 12.5. The molecule has 1 heterocycles. The second-order valence-electron chi connectivity index (χ2n) is 4.99. The van der Waals surface area contributed by atoms with Crippen LogP contribution in [0.25, 0.3) is 0 Å². The molecule has 0 N–H and O–H groups in total. The maximum atomic E-state index is 12.3. The highest BCUT2D eigenvalue weighted by Crippen LogP contribution is 2.17. The summed E-state index contributed by atoms with van der Waals surface area (Å²) in [7, 11) is 4.15. The summed E-state index contributed by atoms with van der Waals surface area (Å²) in [6.45, 7) is 1.70. The van der Waals surface area contributed by atoms with Gasteiger partial charge >= 0.3 is 0 Å². The third kappa shape index (κ3) is 2.93. The zero-order chi connectivity index (χ0) is 13.1. The number of nitrogens with zero attached hydrogens (tertiary/aromatic N) is 2. The number of likely N-dealkylation sites (tertiary alicyclic amines) is 1. The highest BCUT2D eigenvalue weighted by molar-refractivity contribution is 9.08. The second-order valence-corrected chi connectivity index (χ2v) is 5.55. The van der Waals surface area contributed by atoms with E-state index in [1.54, 1.807) is 0 Å². The average molecular weight is 311 g/mol. The largest absolute Gasteiger partial charge is 0.337 e. The molecule has 4 heteroatoms. The predicted octanol–water partition coefficient (Wildman–Crippen LogP) is 2.36. The number of carbonyl (C=O) groups excluding carboxylic acids is 1. The van der Waals surface area contributed by atoms with E-state index in [9.17, 15) is 4.79 Å². The molecule has 0 bridgehead atoms. The number of halogens is 1. The van der Waals surface area contributed by atoms with Crippen LogP contribution in [0.4, 0.5) is 0 Å². The number of likely N-dealkylation sites (N-methyl/N-ethyl adjacent to an activating group) is 1. The van der Waals surface area contributed by atoms with Gasteiger partial charge in [-0.2, -0.15) is 0 Å². The Bertz CT molecular complexity index is 416. The van der Waals surface area contributed by atoms with E-state index in [0.717, 1.165) is 30.4 Å². The molecule has 18 heavy (non-hydrogen) atoms. The van der Waals surface area contributed by atoms with Gasteiger partial charge in [-0.25, -0.2) is 0 Å². The van der Waals surface area contributed by atoms with Crippen molar-refractivity contribution < 1.29 is 4.79 Å². The van der Waals surface area contributed by atoms with Crippen LogP contribution in [0.15, 0.2) is 24.3 Å². The van der Waals surface area contributed by atoms with Crippen molar-refractivity contribution in [2.24, 2.45) is 0 Å². The molecule has 0 aliphatic carbocycles. The van der Waals surface area contributed by atoms with Crippen molar-refractivity contribution in [1.29, 1.82) is 0 Å². The Morgan fingerprint density at radius 2 is 2.06 bits per heavy atom. The summed E-state index contributed by atoms with van der Waals surface area (Å²) in [5.41, 5.74) is 1.98. The van der Waals surface area contributed by atoms with Gasteiger partial charge in [-0.15, -0.1) is 0 Å². The molecule has 0 radical (unpaired) electrons. The molecule has 1 saturated heterocycles. The Kier molecular flexibility index (Phi) is 4.40. The maximum absolute atomic E-state index is 12.3. The van der Waals surface area contributed by atoms with Crippen LogP contribution in [0.1, 0.15) is 22.3 Å². The molecule has 1 atom stereocenters. The first-order valence-electron chi connectivity index (χ1n) is 6.22. The van der Waals surface area contributed by atoms with Gasteiger partial charge in [0.15, 0.2) is 0 Å². The summed E-state index contributed by atoms with van der Waals surface area (Å²) in [6.07, 6.45) is 1.07. The Hall–Kier alpha value is -0.870. The predicted molar refractivity (Wildman–Crippen MR) is 77.1 cm³/mol. The molecule has 1 aromatic rings. The molecule has 1 amide bonds. The minimum absolute atomic E-state index is 0.153. The summed E-state index contributed by atoms with van der Waals surface area (Å²) in [4.78, 5) is 16.5. The minimum Gasteiger partial charge on any atom is -0.337 e. The molecule has 3 nitrogen and oxygen atoms in total. The van der Waals surface area contributed by atoms with E-state index in [0.29, 0.717) is 6.04 Å². The Labute approximate surface area is 117 Å². The quantitative estimate of drug-likeness (QED) is 0.800. The molecule has 2 rings (SSSR count). The van der Waals surface area contributed by atoms with Crippen LogP contribution < -0.4 is 0 Å². The van der Waals surface area contributed by atoms with Crippen LogP contribution in [-0.2, 0) is 5.33 Å². The molecule has 0 saturated carbocycles. The van der Waals surface area contributed by atoms with Gasteiger partial charge in [0.2, 0.25) is 0 Å². The normalized spacial score (nSPS) is 19.6. The summed E-state index contributed by atoms with van der Waals surface area (Å²) in [5.74, 6) is 0.153. The maximum Gasteiger partial charge on any atom is 0.253 e. The monoisotopic (exact) mass is 310 g/mol. The third-order valence-corrected chi connectivity index (χ3v) is 4.18. The summed E-state index contributed by atoms with van der Waals surface area (Å²) in [6, 6.07) is 8.34. The molecular weight excluding hydrogens is 292 g/mol. The van der Waals surface area contributed by atoms with Crippen molar-refractivity contribution in [2.75, 3.05) is 27.2 Å². The lowest BCUT2D eigenvalue weighted by molar-refractivity contribution is 0.0783. The number of hydrogen-bond acceptors (Lipinski definition) is 2. The van der Waals surface area contributed by atoms with Crippen LogP contribution in [0.2, 0.25) is 0 Å². The van der Waals surface area contributed by atoms with Crippen molar-refractivity contribution in [3.8, 4) is 0 Å². The standard InChI is InChI=1S/C14H19BrN2O/c1-16(2)13-7-8-17(10-13)14(18)12-5-3-11(9-15)4-6-12/h3-6,13H,7-10H2,1-2H3. The molecular formula is C14H19BrN2O. The molecule has 1 fully saturated rings. The Morgan fingerprint density at radius 1 is 1.39 bits per heavy atom. The minimum atomic E-state index is 0.153. The average Bonchev–Trinajstić information content (AvgIpc) is 2.88. The van der Waals surface area contributed by atoms with Gasteiger partial charge in [-0.05, 0) is 38.2 Å². The van der Waals surface area contributed by atoms with Crippen LogP contribution in [0.5, 0.6) is 0 Å². The van der Waals surface area contributed by atoms with E-state index in [1.807, 2.05) is 29.2 Å². The van der Waals surface area contributed by atoms with E-state index < -0.39 is 0 Å². The lowest BCUT2D eigenvalue weighted by Crippen LogP contribution is -2.34. The van der Waals surface area contributed by atoms with E-state index in [1.165, 1.54) is 5.56 Å². The molecule has 1 aliphatic rings. The molecule has 1 aliphatic heterocycles. The number of benzene rings is 1. The van der Waals surface area contributed by atoms with Crippen LogP contribution in [0, 0.1) is 0 Å². The number of amides is 1. The van der Waals surface area contributed by atoms with E-state index in [-0.39, 0.29) is 5.91 Å². The van der Waals surface area contributed by atoms with Crippen molar-refractivity contribution >= 4 is 21.8 Å². The first kappa shape index (κ1) is 13.6. The summed E-state index contributed by atoms with van der Waals surface area (Å²) in [5, 5.41) is 0.827. The number of carbonyl (C=O) groups is 1.